The number of fused-ring (bicyclic) bond motifs is 1. The van der Waals surface area contributed by atoms with E-state index >= 15 is 0 Å². The summed E-state index contributed by atoms with van der Waals surface area (Å²) in [6.45, 7) is 9.69. The predicted octanol–water partition coefficient (Wildman–Crippen LogP) is 6.72. The first kappa shape index (κ1) is 28.9. The van der Waals surface area contributed by atoms with E-state index in [1.54, 1.807) is 21.0 Å². The Morgan fingerprint density at radius 3 is 2.32 bits per heavy atom. The average molecular weight is 561 g/mol. The SMILES string of the molecule is COc1nc2ccccc2cc1CO[C@H]1[C@H](C(C)(C)C)[C@@H](C(=O)O)N(C(=O)OC(C)C)[C@H]1c1ccccc1C1CC1. The topological polar surface area (TPSA) is 98.2 Å². The molecule has 3 aromatic rings. The van der Waals surface area contributed by atoms with Crippen molar-refractivity contribution in [2.45, 2.75) is 84.3 Å². The number of pyridine rings is 1. The molecule has 0 bridgehead atoms. The summed E-state index contributed by atoms with van der Waals surface area (Å²) in [5.74, 6) is -0.765. The summed E-state index contributed by atoms with van der Waals surface area (Å²) in [6.07, 6.45) is 0.449. The lowest BCUT2D eigenvalue weighted by Gasteiger charge is -2.35. The quantitative estimate of drug-likeness (QED) is 0.326. The first-order valence-electron chi connectivity index (χ1n) is 14.4. The van der Waals surface area contributed by atoms with Crippen LogP contribution in [0, 0.1) is 11.3 Å². The van der Waals surface area contributed by atoms with Crippen molar-refractivity contribution in [3.05, 3.63) is 71.3 Å². The Bertz CT molecular complexity index is 1430. The van der Waals surface area contributed by atoms with E-state index in [1.165, 1.54) is 4.90 Å². The number of likely N-dealkylation sites (tertiary alicyclic amines) is 1. The number of carboxylic acids is 1. The molecule has 4 atom stereocenters. The molecule has 1 aliphatic heterocycles. The molecule has 2 aromatic carbocycles. The lowest BCUT2D eigenvalue weighted by molar-refractivity contribution is -0.145. The van der Waals surface area contributed by atoms with Gasteiger partial charge in [0.05, 0.1) is 37.5 Å². The molecule has 2 aliphatic rings. The van der Waals surface area contributed by atoms with Crippen LogP contribution in [0.3, 0.4) is 0 Å². The van der Waals surface area contributed by atoms with Gasteiger partial charge in [-0.15, -0.1) is 0 Å². The van der Waals surface area contributed by atoms with E-state index in [2.05, 4.69) is 11.1 Å². The summed E-state index contributed by atoms with van der Waals surface area (Å²) in [5, 5.41) is 11.6. The van der Waals surface area contributed by atoms with E-state index < -0.39 is 47.7 Å². The summed E-state index contributed by atoms with van der Waals surface area (Å²) in [4.78, 5) is 32.8. The van der Waals surface area contributed by atoms with Gasteiger partial charge < -0.3 is 19.3 Å². The summed E-state index contributed by atoms with van der Waals surface area (Å²) in [6, 6.07) is 16.0. The lowest BCUT2D eigenvalue weighted by atomic mass is 9.73. The zero-order chi connectivity index (χ0) is 29.5. The number of carbonyl (C=O) groups excluding carboxylic acids is 1. The first-order chi connectivity index (χ1) is 19.5. The first-order valence-corrected chi connectivity index (χ1v) is 14.4. The third kappa shape index (κ3) is 5.75. The maximum atomic E-state index is 13.7. The fourth-order valence-electron chi connectivity index (χ4n) is 6.29. The van der Waals surface area contributed by atoms with Crippen molar-refractivity contribution in [2.24, 2.45) is 11.3 Å². The number of nitrogens with zero attached hydrogens (tertiary/aromatic N) is 2. The second-order valence-electron chi connectivity index (χ2n) is 12.5. The van der Waals surface area contributed by atoms with Crippen LogP contribution in [-0.2, 0) is 20.9 Å². The molecule has 1 amide bonds. The number of aliphatic carboxylic acids is 1. The molecule has 8 heteroatoms. The van der Waals surface area contributed by atoms with Crippen molar-refractivity contribution in [1.29, 1.82) is 0 Å². The Balaban J connectivity index is 1.64. The number of hydrogen-bond acceptors (Lipinski definition) is 6. The van der Waals surface area contributed by atoms with Crippen LogP contribution < -0.4 is 4.74 Å². The zero-order valence-electron chi connectivity index (χ0n) is 24.7. The fourth-order valence-corrected chi connectivity index (χ4v) is 6.29. The number of methoxy groups -OCH3 is 1. The lowest BCUT2D eigenvalue weighted by Crippen LogP contribution is -2.47. The molecular formula is C33H40N2O6. The van der Waals surface area contributed by atoms with E-state index in [9.17, 15) is 14.7 Å². The van der Waals surface area contributed by atoms with Gasteiger partial charge in [-0.3, -0.25) is 4.90 Å². The summed E-state index contributed by atoms with van der Waals surface area (Å²) in [7, 11) is 1.58. The number of amides is 1. The standard InChI is InChI=1S/C33H40N2O6/c1-19(2)41-32(38)35-27(24-13-9-8-12-23(24)20-15-16-20)29(26(33(3,4)5)28(35)31(36)37)40-18-22-17-21-11-7-10-14-25(21)34-30(22)39-6/h7-14,17,19-20,26-29H,15-16,18H2,1-6H3,(H,36,37)/t26-,27+,28+,29+/m1/s1. The van der Waals surface area contributed by atoms with E-state index in [1.807, 2.05) is 69.3 Å². The van der Waals surface area contributed by atoms with E-state index in [0.29, 0.717) is 11.8 Å². The number of para-hydroxylation sites is 1. The van der Waals surface area contributed by atoms with Crippen LogP contribution in [0.4, 0.5) is 4.79 Å². The van der Waals surface area contributed by atoms with Crippen LogP contribution >= 0.6 is 0 Å². The highest BCUT2D eigenvalue weighted by Gasteiger charge is 2.60. The van der Waals surface area contributed by atoms with E-state index in [-0.39, 0.29) is 6.61 Å². The van der Waals surface area contributed by atoms with Crippen molar-refractivity contribution in [1.82, 2.24) is 9.88 Å². The van der Waals surface area contributed by atoms with Crippen LogP contribution in [0.25, 0.3) is 10.9 Å². The van der Waals surface area contributed by atoms with Crippen LogP contribution in [0.2, 0.25) is 0 Å². The Hall–Kier alpha value is -3.65. The number of aromatic nitrogens is 1. The van der Waals surface area contributed by atoms with Gasteiger partial charge in [0, 0.05) is 16.9 Å². The molecule has 2 heterocycles. The van der Waals surface area contributed by atoms with E-state index in [4.69, 9.17) is 14.2 Å². The molecule has 5 rings (SSSR count). The van der Waals surface area contributed by atoms with Crippen molar-refractivity contribution >= 4 is 23.0 Å². The van der Waals surface area contributed by atoms with Crippen LogP contribution in [0.5, 0.6) is 5.88 Å². The van der Waals surface area contributed by atoms with Gasteiger partial charge in [0.15, 0.2) is 0 Å². The van der Waals surface area contributed by atoms with Crippen LogP contribution in [0.15, 0.2) is 54.6 Å². The molecule has 8 nitrogen and oxygen atoms in total. The Morgan fingerprint density at radius 2 is 1.71 bits per heavy atom. The highest BCUT2D eigenvalue weighted by Crippen LogP contribution is 2.53. The van der Waals surface area contributed by atoms with Crippen molar-refractivity contribution < 1.29 is 28.9 Å². The van der Waals surface area contributed by atoms with Gasteiger partial charge in [0.2, 0.25) is 5.88 Å². The summed E-state index contributed by atoms with van der Waals surface area (Å²) >= 11 is 0. The molecule has 1 N–H and O–H groups in total. The summed E-state index contributed by atoms with van der Waals surface area (Å²) < 4.78 is 18.1. The van der Waals surface area contributed by atoms with Crippen molar-refractivity contribution in [3.8, 4) is 5.88 Å². The third-order valence-electron chi connectivity index (χ3n) is 8.12. The number of carbonyl (C=O) groups is 2. The molecule has 218 valence electrons. The molecule has 1 aliphatic carbocycles. The molecule has 1 saturated heterocycles. The zero-order valence-corrected chi connectivity index (χ0v) is 24.7. The third-order valence-corrected chi connectivity index (χ3v) is 8.12. The van der Waals surface area contributed by atoms with Gasteiger partial charge in [0.25, 0.3) is 0 Å². The Morgan fingerprint density at radius 1 is 1.05 bits per heavy atom. The van der Waals surface area contributed by atoms with Crippen LogP contribution in [-0.4, -0.2) is 52.4 Å². The molecule has 2 fully saturated rings. The predicted molar refractivity (Wildman–Crippen MR) is 156 cm³/mol. The minimum atomic E-state index is -1.14. The van der Waals surface area contributed by atoms with Gasteiger partial charge in [-0.2, -0.15) is 0 Å². The van der Waals surface area contributed by atoms with Crippen molar-refractivity contribution in [2.75, 3.05) is 7.11 Å². The van der Waals surface area contributed by atoms with Gasteiger partial charge in [-0.25, -0.2) is 14.6 Å². The molecule has 0 spiro atoms. The van der Waals surface area contributed by atoms with Crippen molar-refractivity contribution in [3.63, 3.8) is 0 Å². The molecule has 0 unspecified atom stereocenters. The normalized spacial score (nSPS) is 22.8. The van der Waals surface area contributed by atoms with Crippen LogP contribution in [0.1, 0.15) is 76.1 Å². The maximum Gasteiger partial charge on any atom is 0.411 e. The second kappa shape index (κ2) is 11.3. The van der Waals surface area contributed by atoms with Gasteiger partial charge in [-0.05, 0) is 61.3 Å². The molecule has 1 aromatic heterocycles. The number of ether oxygens (including phenoxy) is 3. The highest BCUT2D eigenvalue weighted by atomic mass is 16.6. The minimum absolute atomic E-state index is 0.139. The largest absolute Gasteiger partial charge is 0.481 e. The van der Waals surface area contributed by atoms with Gasteiger partial charge in [0.1, 0.15) is 6.04 Å². The Labute approximate surface area is 241 Å². The average Bonchev–Trinajstić information content (AvgIpc) is 3.70. The fraction of sp³-hybridized carbons (Fsp3) is 0.485. The minimum Gasteiger partial charge on any atom is -0.481 e. The number of carboxylic acid groups (broad SMARTS) is 1. The molecule has 1 saturated carbocycles. The number of rotatable bonds is 8. The molecule has 41 heavy (non-hydrogen) atoms. The second-order valence-corrected chi connectivity index (χ2v) is 12.5. The summed E-state index contributed by atoms with van der Waals surface area (Å²) in [5.41, 5.74) is 3.10. The maximum absolute atomic E-state index is 13.7. The molecule has 0 radical (unpaired) electrons. The smallest absolute Gasteiger partial charge is 0.411 e. The molecular weight excluding hydrogens is 520 g/mol. The van der Waals surface area contributed by atoms with Gasteiger partial charge in [-0.1, -0.05) is 63.2 Å². The highest BCUT2D eigenvalue weighted by molar-refractivity contribution is 5.82. The number of hydrogen-bond donors (Lipinski definition) is 1. The van der Waals surface area contributed by atoms with E-state index in [0.717, 1.165) is 40.4 Å². The monoisotopic (exact) mass is 560 g/mol. The van der Waals surface area contributed by atoms with Gasteiger partial charge >= 0.3 is 12.1 Å². The number of benzene rings is 2. The Kier molecular flexibility index (Phi) is 7.97.